The number of nitrogens with zero attached hydrogens (tertiary/aromatic N) is 2. The van der Waals surface area contributed by atoms with Crippen LogP contribution in [0.1, 0.15) is 22.3 Å². The van der Waals surface area contributed by atoms with Gasteiger partial charge in [0.05, 0.1) is 11.1 Å². The average molecular weight is 578 g/mol. The molecule has 34 heavy (non-hydrogen) atoms. The predicted molar refractivity (Wildman–Crippen MR) is 136 cm³/mol. The van der Waals surface area contributed by atoms with E-state index < -0.39 is 11.9 Å². The van der Waals surface area contributed by atoms with Crippen molar-refractivity contribution in [3.8, 4) is 0 Å². The fraction of sp³-hybridized carbons (Fsp3) is 0. The smallest absolute Gasteiger partial charge is 0.363 e. The van der Waals surface area contributed by atoms with Gasteiger partial charge in [-0.2, -0.15) is 0 Å². The summed E-state index contributed by atoms with van der Waals surface area (Å²) < 4.78 is 12.2. The first-order chi connectivity index (χ1) is 16.5. The fourth-order valence-corrected chi connectivity index (χ4v) is 4.23. The molecule has 8 heteroatoms. The van der Waals surface area contributed by atoms with E-state index in [9.17, 15) is 9.59 Å². The first-order valence-electron chi connectivity index (χ1n) is 10.1. The fourth-order valence-electron chi connectivity index (χ4n) is 3.32. The monoisotopic (exact) mass is 576 g/mol. The van der Waals surface area contributed by atoms with Crippen molar-refractivity contribution in [1.29, 1.82) is 0 Å². The molecule has 0 atom stereocenters. The lowest BCUT2D eigenvalue weighted by Crippen LogP contribution is -2.05. The lowest BCUT2D eigenvalue weighted by atomic mass is 10.1. The molecule has 0 bridgehead atoms. The normalized spacial score (nSPS) is 17.6. The molecular formula is C26H14Br2N2O4. The molecule has 0 saturated carbocycles. The molecule has 0 amide bonds. The Hall–Kier alpha value is -3.62. The highest BCUT2D eigenvalue weighted by molar-refractivity contribution is 9.10. The maximum absolute atomic E-state index is 12.3. The Morgan fingerprint density at radius 2 is 0.971 bits per heavy atom. The van der Waals surface area contributed by atoms with Gasteiger partial charge in [-0.05, 0) is 79.4 Å². The SMILES string of the molecule is O=C1OC(c2ccccc2Br)=N/C1=C\c1ccc(/C=C2\N=C(c3ccccc3Br)OC2=O)cc1. The topological polar surface area (TPSA) is 77.3 Å². The van der Waals surface area contributed by atoms with E-state index in [4.69, 9.17) is 9.47 Å². The largest absolute Gasteiger partial charge is 0.402 e. The van der Waals surface area contributed by atoms with Gasteiger partial charge >= 0.3 is 11.9 Å². The summed E-state index contributed by atoms with van der Waals surface area (Å²) >= 11 is 6.88. The molecule has 0 fully saturated rings. The quantitative estimate of drug-likeness (QED) is 0.286. The molecule has 3 aromatic rings. The third kappa shape index (κ3) is 4.55. The highest BCUT2D eigenvalue weighted by Gasteiger charge is 2.26. The third-order valence-electron chi connectivity index (χ3n) is 4.99. The van der Waals surface area contributed by atoms with Gasteiger partial charge in [-0.1, -0.05) is 48.5 Å². The number of esters is 2. The van der Waals surface area contributed by atoms with E-state index in [0.29, 0.717) is 11.1 Å². The highest BCUT2D eigenvalue weighted by Crippen LogP contribution is 2.26. The minimum atomic E-state index is -0.514. The first kappa shape index (κ1) is 22.2. The zero-order valence-corrected chi connectivity index (χ0v) is 20.5. The van der Waals surface area contributed by atoms with Crippen molar-refractivity contribution >= 4 is 67.7 Å². The highest BCUT2D eigenvalue weighted by atomic mass is 79.9. The number of carbonyl (C=O) groups excluding carboxylic acids is 2. The molecule has 3 aromatic carbocycles. The van der Waals surface area contributed by atoms with Crippen LogP contribution in [0, 0.1) is 0 Å². The summed E-state index contributed by atoms with van der Waals surface area (Å²) in [6.45, 7) is 0. The predicted octanol–water partition coefficient (Wildman–Crippen LogP) is 5.90. The van der Waals surface area contributed by atoms with Gasteiger partial charge < -0.3 is 9.47 Å². The number of rotatable bonds is 4. The van der Waals surface area contributed by atoms with Crippen molar-refractivity contribution in [2.24, 2.45) is 9.98 Å². The Balaban J connectivity index is 1.37. The molecule has 0 radical (unpaired) electrons. The minimum absolute atomic E-state index is 0.207. The van der Waals surface area contributed by atoms with Crippen LogP contribution in [0.15, 0.2) is 103 Å². The van der Waals surface area contributed by atoms with E-state index in [1.54, 1.807) is 12.2 Å². The summed E-state index contributed by atoms with van der Waals surface area (Å²) in [6.07, 6.45) is 3.30. The van der Waals surface area contributed by atoms with Gasteiger partial charge in [0.15, 0.2) is 11.4 Å². The van der Waals surface area contributed by atoms with Crippen molar-refractivity contribution in [3.05, 3.63) is 115 Å². The van der Waals surface area contributed by atoms with Crippen molar-refractivity contribution in [3.63, 3.8) is 0 Å². The molecule has 2 heterocycles. The third-order valence-corrected chi connectivity index (χ3v) is 6.38. The molecule has 0 aromatic heterocycles. The van der Waals surface area contributed by atoms with Gasteiger partial charge in [0, 0.05) is 8.95 Å². The van der Waals surface area contributed by atoms with Crippen LogP contribution in [0.4, 0.5) is 0 Å². The maximum atomic E-state index is 12.3. The van der Waals surface area contributed by atoms with Crippen LogP contribution < -0.4 is 0 Å². The second-order valence-corrected chi connectivity index (χ2v) is 9.01. The van der Waals surface area contributed by atoms with Crippen LogP contribution in [0.25, 0.3) is 12.2 Å². The molecule has 6 nitrogen and oxygen atoms in total. The van der Waals surface area contributed by atoms with E-state index in [1.165, 1.54) is 0 Å². The van der Waals surface area contributed by atoms with Crippen LogP contribution in [-0.2, 0) is 19.1 Å². The molecule has 166 valence electrons. The first-order valence-corrected chi connectivity index (χ1v) is 11.7. The lowest BCUT2D eigenvalue weighted by Gasteiger charge is -2.01. The van der Waals surface area contributed by atoms with Gasteiger partial charge in [0.2, 0.25) is 11.8 Å². The molecule has 0 unspecified atom stereocenters. The van der Waals surface area contributed by atoms with Crippen LogP contribution in [-0.4, -0.2) is 23.7 Å². The van der Waals surface area contributed by atoms with Gasteiger partial charge in [-0.15, -0.1) is 0 Å². The number of aliphatic imine (C=N–C) groups is 2. The van der Waals surface area contributed by atoms with Crippen molar-refractivity contribution in [1.82, 2.24) is 0 Å². The number of benzene rings is 3. The van der Waals surface area contributed by atoms with Gasteiger partial charge in [0.1, 0.15) is 0 Å². The van der Waals surface area contributed by atoms with Gasteiger partial charge in [-0.25, -0.2) is 19.6 Å². The van der Waals surface area contributed by atoms with Gasteiger partial charge in [-0.3, -0.25) is 0 Å². The zero-order valence-electron chi connectivity index (χ0n) is 17.4. The van der Waals surface area contributed by atoms with Crippen molar-refractivity contribution in [2.45, 2.75) is 0 Å². The molecule has 0 N–H and O–H groups in total. The summed E-state index contributed by atoms with van der Waals surface area (Å²) in [6, 6.07) is 22.0. The number of cyclic esters (lactones) is 2. The standard InChI is InChI=1S/C26H14Br2N2O4/c27-19-7-3-1-5-17(19)23-29-21(25(31)33-23)13-15-9-11-16(12-10-15)14-22-26(32)34-24(30-22)18-6-2-4-8-20(18)28/h1-14H/b21-13-,22-14-. The van der Waals surface area contributed by atoms with Crippen LogP contribution in [0.3, 0.4) is 0 Å². The zero-order chi connectivity index (χ0) is 23.7. The maximum Gasteiger partial charge on any atom is 0.363 e. The molecule has 2 aliphatic rings. The summed E-state index contributed by atoms with van der Waals surface area (Å²) in [7, 11) is 0. The Morgan fingerprint density at radius 1 is 0.588 bits per heavy atom. The van der Waals surface area contributed by atoms with Crippen LogP contribution >= 0.6 is 31.9 Å². The van der Waals surface area contributed by atoms with Gasteiger partial charge in [0.25, 0.3) is 0 Å². The Kier molecular flexibility index (Phi) is 6.08. The molecule has 0 spiro atoms. The Morgan fingerprint density at radius 3 is 1.35 bits per heavy atom. The lowest BCUT2D eigenvalue weighted by molar-refractivity contribution is -0.130. The Labute approximate surface area is 211 Å². The van der Waals surface area contributed by atoms with Crippen molar-refractivity contribution in [2.75, 3.05) is 0 Å². The number of carbonyl (C=O) groups is 2. The Bertz CT molecular complexity index is 1340. The number of hydrogen-bond acceptors (Lipinski definition) is 6. The number of ether oxygens (including phenoxy) is 2. The average Bonchev–Trinajstić information content (AvgIpc) is 3.37. The van der Waals surface area contributed by atoms with E-state index in [1.807, 2.05) is 72.8 Å². The van der Waals surface area contributed by atoms with E-state index in [2.05, 4.69) is 41.8 Å². The van der Waals surface area contributed by atoms with Crippen LogP contribution in [0.2, 0.25) is 0 Å². The second kappa shape index (κ2) is 9.32. The molecule has 5 rings (SSSR count). The summed E-state index contributed by atoms with van der Waals surface area (Å²) in [5.74, 6) is -0.522. The van der Waals surface area contributed by atoms with Crippen molar-refractivity contribution < 1.29 is 19.1 Å². The minimum Gasteiger partial charge on any atom is -0.402 e. The second-order valence-electron chi connectivity index (χ2n) is 7.30. The summed E-state index contributed by atoms with van der Waals surface area (Å²) in [5, 5.41) is 0. The number of hydrogen-bond donors (Lipinski definition) is 0. The summed E-state index contributed by atoms with van der Waals surface area (Å²) in [5.41, 5.74) is 3.34. The molecule has 0 saturated heterocycles. The van der Waals surface area contributed by atoms with E-state index in [0.717, 1.165) is 20.1 Å². The van der Waals surface area contributed by atoms with E-state index >= 15 is 0 Å². The molecule has 2 aliphatic heterocycles. The van der Waals surface area contributed by atoms with E-state index in [-0.39, 0.29) is 23.2 Å². The van der Waals surface area contributed by atoms with Crippen LogP contribution in [0.5, 0.6) is 0 Å². The molecular weight excluding hydrogens is 564 g/mol. The summed E-state index contributed by atoms with van der Waals surface area (Å²) in [4.78, 5) is 33.2. The molecule has 0 aliphatic carbocycles. The number of halogens is 2.